The molecule has 13 nitrogen and oxygen atoms in total. The van der Waals surface area contributed by atoms with Gasteiger partial charge in [0, 0.05) is 0 Å². The van der Waals surface area contributed by atoms with Gasteiger partial charge in [-0.05, 0) is 42.3 Å². The quantitative estimate of drug-likeness (QED) is 0.191. The van der Waals surface area contributed by atoms with Gasteiger partial charge in [0.1, 0.15) is 36.6 Å². The average molecular weight is 583 g/mol. The molecule has 0 aliphatic carbocycles. The molecular formula is C28H38O13. The zero-order valence-corrected chi connectivity index (χ0v) is 23.5. The number of hydrogen-bond donors (Lipinski definition) is 6. The summed E-state index contributed by atoms with van der Waals surface area (Å²) in [6.45, 7) is 0.881. The summed E-state index contributed by atoms with van der Waals surface area (Å²) in [7, 11) is 5.64. The Morgan fingerprint density at radius 2 is 1.34 bits per heavy atom. The third kappa shape index (κ3) is 7.13. The van der Waals surface area contributed by atoms with Gasteiger partial charge in [-0.3, -0.25) is 0 Å². The summed E-state index contributed by atoms with van der Waals surface area (Å²) in [4.78, 5) is 0. The number of methoxy groups -OCH3 is 4. The standard InChI is InChI=1S/C28H38O13/c1-14(39-26-17(35-2)9-15(7-6-8-29)10-18(26)36-3)22(31)16-11-19(37-4)27(20(12-16)38-5)41-28-25(34)24(33)23(32)21(13-30)40-28/h6-7,9-12,14,21-25,28-34H,8,13H2,1-5H3/b7-6+/t14-,21-,22+,23-,24+,25-,28+/m1/s1. The highest BCUT2D eigenvalue weighted by molar-refractivity contribution is 5.62. The summed E-state index contributed by atoms with van der Waals surface area (Å²) in [5, 5.41) is 60.3. The van der Waals surface area contributed by atoms with E-state index < -0.39 is 49.5 Å². The van der Waals surface area contributed by atoms with Crippen LogP contribution in [0.4, 0.5) is 0 Å². The maximum absolute atomic E-state index is 11.2. The molecule has 41 heavy (non-hydrogen) atoms. The number of hydrogen-bond acceptors (Lipinski definition) is 13. The molecule has 0 spiro atoms. The fraction of sp³-hybridized carbons (Fsp3) is 0.500. The fourth-order valence-corrected chi connectivity index (χ4v) is 4.29. The van der Waals surface area contributed by atoms with Crippen LogP contribution in [0.1, 0.15) is 24.2 Å². The maximum atomic E-state index is 11.2. The highest BCUT2D eigenvalue weighted by Crippen LogP contribution is 2.44. The van der Waals surface area contributed by atoms with Crippen molar-refractivity contribution in [3.05, 3.63) is 41.5 Å². The molecule has 2 aromatic rings. The number of benzene rings is 2. The first-order valence-electron chi connectivity index (χ1n) is 12.7. The van der Waals surface area contributed by atoms with E-state index >= 15 is 0 Å². The molecule has 1 aliphatic heterocycles. The average Bonchev–Trinajstić information content (AvgIpc) is 2.99. The maximum Gasteiger partial charge on any atom is 0.229 e. The first kappa shape index (κ1) is 32.2. The van der Waals surface area contributed by atoms with Crippen LogP contribution in [0.3, 0.4) is 0 Å². The van der Waals surface area contributed by atoms with E-state index in [4.69, 9.17) is 38.3 Å². The fourth-order valence-electron chi connectivity index (χ4n) is 4.29. The minimum absolute atomic E-state index is 0.0151. The van der Waals surface area contributed by atoms with Gasteiger partial charge in [-0.2, -0.15) is 0 Å². The van der Waals surface area contributed by atoms with E-state index in [1.54, 1.807) is 31.2 Å². The molecule has 1 heterocycles. The first-order valence-corrected chi connectivity index (χ1v) is 12.7. The van der Waals surface area contributed by atoms with Crippen LogP contribution in [0.15, 0.2) is 30.3 Å². The van der Waals surface area contributed by atoms with Crippen molar-refractivity contribution in [2.24, 2.45) is 0 Å². The van der Waals surface area contributed by atoms with Crippen LogP contribution in [0.25, 0.3) is 6.08 Å². The summed E-state index contributed by atoms with van der Waals surface area (Å²) in [5.74, 6) is 1.12. The van der Waals surface area contributed by atoms with E-state index in [1.807, 2.05) is 0 Å². The highest BCUT2D eigenvalue weighted by Gasteiger charge is 2.45. The molecule has 0 bridgehead atoms. The van der Waals surface area contributed by atoms with Crippen LogP contribution >= 0.6 is 0 Å². The van der Waals surface area contributed by atoms with Gasteiger partial charge in [-0.15, -0.1) is 0 Å². The van der Waals surface area contributed by atoms with Crippen molar-refractivity contribution in [1.82, 2.24) is 0 Å². The van der Waals surface area contributed by atoms with Crippen molar-refractivity contribution >= 4 is 6.08 Å². The normalized spacial score (nSPS) is 24.0. The van der Waals surface area contributed by atoms with Crippen molar-refractivity contribution in [3.63, 3.8) is 0 Å². The van der Waals surface area contributed by atoms with E-state index in [1.165, 1.54) is 40.6 Å². The Labute approximate surface area is 237 Å². The Hall–Kier alpha value is -3.30. The lowest BCUT2D eigenvalue weighted by Gasteiger charge is -2.39. The molecule has 0 saturated carbocycles. The molecule has 1 fully saturated rings. The molecule has 1 saturated heterocycles. The third-order valence-electron chi connectivity index (χ3n) is 6.55. The van der Waals surface area contributed by atoms with Crippen molar-refractivity contribution < 1.29 is 63.8 Å². The molecule has 0 radical (unpaired) electrons. The first-order chi connectivity index (χ1) is 19.6. The van der Waals surface area contributed by atoms with E-state index in [-0.39, 0.29) is 29.6 Å². The summed E-state index contributed by atoms with van der Waals surface area (Å²) in [6.07, 6.45) is -6.32. The van der Waals surface area contributed by atoms with Crippen LogP contribution in [0.2, 0.25) is 0 Å². The molecule has 2 aromatic carbocycles. The predicted molar refractivity (Wildman–Crippen MR) is 145 cm³/mol. The van der Waals surface area contributed by atoms with Crippen LogP contribution in [-0.4, -0.2) is 109 Å². The molecule has 13 heteroatoms. The topological polar surface area (TPSA) is 186 Å². The lowest BCUT2D eigenvalue weighted by molar-refractivity contribution is -0.277. The molecule has 3 rings (SSSR count). The molecular weight excluding hydrogens is 544 g/mol. The monoisotopic (exact) mass is 582 g/mol. The zero-order valence-electron chi connectivity index (χ0n) is 23.5. The Morgan fingerprint density at radius 3 is 1.83 bits per heavy atom. The highest BCUT2D eigenvalue weighted by atomic mass is 16.7. The predicted octanol–water partition coefficient (Wildman–Crippen LogP) is 0.406. The molecule has 7 atom stereocenters. The summed E-state index contributed by atoms with van der Waals surface area (Å²) in [5.41, 5.74) is 1.03. The van der Waals surface area contributed by atoms with Gasteiger partial charge in [0.25, 0.3) is 0 Å². The van der Waals surface area contributed by atoms with Crippen LogP contribution in [0.5, 0.6) is 34.5 Å². The molecule has 6 N–H and O–H groups in total. The van der Waals surface area contributed by atoms with E-state index in [0.717, 1.165) is 0 Å². The SMILES string of the molecule is COc1cc([C@@H](O)[C@@H](C)Oc2c(OC)cc(/C=C/CO)cc2OC)cc(OC)c1O[C@@H]1O[C@H](CO)[C@@H](O)[C@H](O)[C@H]1O. The van der Waals surface area contributed by atoms with E-state index in [0.29, 0.717) is 22.6 Å². The number of aliphatic hydroxyl groups is 6. The summed E-state index contributed by atoms with van der Waals surface area (Å²) >= 11 is 0. The molecule has 0 aromatic heterocycles. The smallest absolute Gasteiger partial charge is 0.229 e. The van der Waals surface area contributed by atoms with E-state index in [9.17, 15) is 25.5 Å². The van der Waals surface area contributed by atoms with Gasteiger partial charge in [-0.1, -0.05) is 12.2 Å². The summed E-state index contributed by atoms with van der Waals surface area (Å²) in [6, 6.07) is 6.34. The van der Waals surface area contributed by atoms with Gasteiger partial charge in [0.15, 0.2) is 23.0 Å². The zero-order chi connectivity index (χ0) is 30.3. The van der Waals surface area contributed by atoms with Crippen molar-refractivity contribution in [2.75, 3.05) is 41.7 Å². The summed E-state index contributed by atoms with van der Waals surface area (Å²) < 4.78 is 39.1. The van der Waals surface area contributed by atoms with Crippen molar-refractivity contribution in [2.45, 2.75) is 49.8 Å². The van der Waals surface area contributed by atoms with Crippen LogP contribution in [-0.2, 0) is 4.74 Å². The van der Waals surface area contributed by atoms with Gasteiger partial charge < -0.3 is 63.8 Å². The van der Waals surface area contributed by atoms with Gasteiger partial charge in [-0.25, -0.2) is 0 Å². The molecule has 1 aliphatic rings. The number of aliphatic hydroxyl groups excluding tert-OH is 6. The second-order valence-electron chi connectivity index (χ2n) is 9.18. The lowest BCUT2D eigenvalue weighted by atomic mass is 9.99. The van der Waals surface area contributed by atoms with E-state index in [2.05, 4.69) is 0 Å². The number of rotatable bonds is 13. The Balaban J connectivity index is 1.90. The second kappa shape index (κ2) is 14.5. The van der Waals surface area contributed by atoms with Crippen LogP contribution in [0, 0.1) is 0 Å². The Bertz CT molecular complexity index is 1120. The molecule has 0 unspecified atom stereocenters. The number of ether oxygens (including phenoxy) is 7. The second-order valence-corrected chi connectivity index (χ2v) is 9.18. The van der Waals surface area contributed by atoms with Gasteiger partial charge in [0.05, 0.1) is 41.7 Å². The molecule has 0 amide bonds. The van der Waals surface area contributed by atoms with Crippen molar-refractivity contribution in [1.29, 1.82) is 0 Å². The largest absolute Gasteiger partial charge is 0.493 e. The lowest BCUT2D eigenvalue weighted by Crippen LogP contribution is -2.60. The third-order valence-corrected chi connectivity index (χ3v) is 6.55. The minimum atomic E-state index is -1.66. The Kier molecular flexibility index (Phi) is 11.4. The van der Waals surface area contributed by atoms with Crippen LogP contribution < -0.4 is 28.4 Å². The van der Waals surface area contributed by atoms with Gasteiger partial charge in [0.2, 0.25) is 17.8 Å². The molecule has 228 valence electrons. The van der Waals surface area contributed by atoms with Crippen molar-refractivity contribution in [3.8, 4) is 34.5 Å². The minimum Gasteiger partial charge on any atom is -0.493 e. The van der Waals surface area contributed by atoms with Gasteiger partial charge >= 0.3 is 0 Å². The Morgan fingerprint density at radius 1 is 0.805 bits per heavy atom.